The summed E-state index contributed by atoms with van der Waals surface area (Å²) in [6.45, 7) is 8.34. The molecule has 0 N–H and O–H groups in total. The zero-order valence-corrected chi connectivity index (χ0v) is 11.1. The number of hydrogen-bond donors (Lipinski definition) is 0. The molecule has 0 saturated carbocycles. The summed E-state index contributed by atoms with van der Waals surface area (Å²) in [7, 11) is 1.59. The SMILES string of the molecule is COc1ccc(C#N)cc1OC(C)C(C)(C)C. The minimum absolute atomic E-state index is 0.0327. The second-order valence-corrected chi connectivity index (χ2v) is 5.10. The Balaban J connectivity index is 3.00. The van der Waals surface area contributed by atoms with Gasteiger partial charge in [-0.3, -0.25) is 0 Å². The summed E-state index contributed by atoms with van der Waals surface area (Å²) in [6.07, 6.45) is 0.0327. The van der Waals surface area contributed by atoms with E-state index in [4.69, 9.17) is 14.7 Å². The maximum atomic E-state index is 8.87. The minimum Gasteiger partial charge on any atom is -0.493 e. The van der Waals surface area contributed by atoms with Crippen molar-refractivity contribution in [2.45, 2.75) is 33.8 Å². The molecule has 1 atom stereocenters. The zero-order chi connectivity index (χ0) is 13.1. The van der Waals surface area contributed by atoms with E-state index in [0.29, 0.717) is 17.1 Å². The van der Waals surface area contributed by atoms with E-state index in [1.54, 1.807) is 25.3 Å². The summed E-state index contributed by atoms with van der Waals surface area (Å²) in [5, 5.41) is 8.87. The minimum atomic E-state index is 0.0327. The largest absolute Gasteiger partial charge is 0.493 e. The van der Waals surface area contributed by atoms with Gasteiger partial charge in [0.15, 0.2) is 11.5 Å². The van der Waals surface area contributed by atoms with Gasteiger partial charge in [0.05, 0.1) is 18.7 Å². The first kappa shape index (κ1) is 13.4. The topological polar surface area (TPSA) is 42.2 Å². The van der Waals surface area contributed by atoms with Crippen LogP contribution < -0.4 is 9.47 Å². The molecule has 17 heavy (non-hydrogen) atoms. The highest BCUT2D eigenvalue weighted by molar-refractivity contribution is 5.46. The predicted octanol–water partition coefficient (Wildman–Crippen LogP) is 3.38. The summed E-state index contributed by atoms with van der Waals surface area (Å²) >= 11 is 0. The van der Waals surface area contributed by atoms with Crippen LogP contribution in [0.4, 0.5) is 0 Å². The molecular formula is C14H19NO2. The Labute approximate surface area is 103 Å². The van der Waals surface area contributed by atoms with Crippen LogP contribution in [0.2, 0.25) is 0 Å². The molecule has 1 aromatic carbocycles. The first-order valence-electron chi connectivity index (χ1n) is 5.63. The molecule has 0 aliphatic carbocycles. The number of ether oxygens (including phenoxy) is 2. The highest BCUT2D eigenvalue weighted by Gasteiger charge is 2.23. The van der Waals surface area contributed by atoms with Crippen LogP contribution in [0.25, 0.3) is 0 Å². The van der Waals surface area contributed by atoms with Gasteiger partial charge in [-0.15, -0.1) is 0 Å². The molecule has 0 spiro atoms. The highest BCUT2D eigenvalue weighted by atomic mass is 16.5. The smallest absolute Gasteiger partial charge is 0.162 e. The maximum absolute atomic E-state index is 8.87. The van der Waals surface area contributed by atoms with Gasteiger partial charge in [0, 0.05) is 6.07 Å². The first-order chi connectivity index (χ1) is 7.88. The first-order valence-corrected chi connectivity index (χ1v) is 5.63. The number of hydrogen-bond acceptors (Lipinski definition) is 3. The van der Waals surface area contributed by atoms with Crippen LogP contribution in [-0.2, 0) is 0 Å². The van der Waals surface area contributed by atoms with E-state index in [2.05, 4.69) is 26.8 Å². The molecule has 0 bridgehead atoms. The van der Waals surface area contributed by atoms with Gasteiger partial charge in [-0.1, -0.05) is 20.8 Å². The van der Waals surface area contributed by atoms with Crippen LogP contribution in [0.1, 0.15) is 33.3 Å². The van der Waals surface area contributed by atoms with Crippen LogP contribution in [0.15, 0.2) is 18.2 Å². The molecule has 0 aromatic heterocycles. The van der Waals surface area contributed by atoms with Crippen molar-refractivity contribution in [2.75, 3.05) is 7.11 Å². The third-order valence-electron chi connectivity index (χ3n) is 2.82. The van der Waals surface area contributed by atoms with Gasteiger partial charge in [-0.05, 0) is 24.5 Å². The van der Waals surface area contributed by atoms with E-state index in [0.717, 1.165) is 0 Å². The lowest BCUT2D eigenvalue weighted by atomic mass is 9.90. The van der Waals surface area contributed by atoms with Crippen molar-refractivity contribution < 1.29 is 9.47 Å². The van der Waals surface area contributed by atoms with Crippen LogP contribution in [0.3, 0.4) is 0 Å². The van der Waals surface area contributed by atoms with Crippen molar-refractivity contribution in [1.82, 2.24) is 0 Å². The molecule has 1 unspecified atom stereocenters. The van der Waals surface area contributed by atoms with Gasteiger partial charge in [0.1, 0.15) is 6.10 Å². The number of methoxy groups -OCH3 is 1. The number of benzene rings is 1. The number of nitrogens with zero attached hydrogens (tertiary/aromatic N) is 1. The molecule has 0 fully saturated rings. The van der Waals surface area contributed by atoms with E-state index < -0.39 is 0 Å². The van der Waals surface area contributed by atoms with Crippen molar-refractivity contribution in [3.8, 4) is 17.6 Å². The second kappa shape index (κ2) is 5.09. The Hall–Kier alpha value is -1.69. The molecule has 0 heterocycles. The Morgan fingerprint density at radius 2 is 1.88 bits per heavy atom. The normalized spacial score (nSPS) is 12.7. The quantitative estimate of drug-likeness (QED) is 0.803. The molecule has 92 valence electrons. The zero-order valence-electron chi connectivity index (χ0n) is 11.1. The molecule has 0 aliphatic rings. The van der Waals surface area contributed by atoms with Crippen molar-refractivity contribution in [1.29, 1.82) is 5.26 Å². The van der Waals surface area contributed by atoms with E-state index in [1.165, 1.54) is 0 Å². The Kier molecular flexibility index (Phi) is 4.01. The Bertz CT molecular complexity index is 427. The fourth-order valence-corrected chi connectivity index (χ4v) is 1.21. The van der Waals surface area contributed by atoms with Crippen LogP contribution in [0.5, 0.6) is 11.5 Å². The van der Waals surface area contributed by atoms with Crippen molar-refractivity contribution in [2.24, 2.45) is 5.41 Å². The van der Waals surface area contributed by atoms with E-state index in [1.807, 2.05) is 6.92 Å². The lowest BCUT2D eigenvalue weighted by molar-refractivity contribution is 0.1000. The van der Waals surface area contributed by atoms with Gasteiger partial charge in [-0.25, -0.2) is 0 Å². The monoisotopic (exact) mass is 233 g/mol. The van der Waals surface area contributed by atoms with Gasteiger partial charge in [-0.2, -0.15) is 5.26 Å². The second-order valence-electron chi connectivity index (χ2n) is 5.10. The summed E-state index contributed by atoms with van der Waals surface area (Å²) < 4.78 is 11.1. The van der Waals surface area contributed by atoms with Crippen molar-refractivity contribution in [3.05, 3.63) is 23.8 Å². The maximum Gasteiger partial charge on any atom is 0.162 e. The fourth-order valence-electron chi connectivity index (χ4n) is 1.21. The van der Waals surface area contributed by atoms with E-state index in [9.17, 15) is 0 Å². The predicted molar refractivity (Wildman–Crippen MR) is 67.3 cm³/mol. The lowest BCUT2D eigenvalue weighted by Gasteiger charge is -2.28. The molecular weight excluding hydrogens is 214 g/mol. The number of rotatable bonds is 3. The average molecular weight is 233 g/mol. The van der Waals surface area contributed by atoms with Crippen molar-refractivity contribution >= 4 is 0 Å². The molecule has 1 rings (SSSR count). The summed E-state index contributed by atoms with van der Waals surface area (Å²) in [6, 6.07) is 7.27. The molecule has 0 saturated heterocycles. The fraction of sp³-hybridized carbons (Fsp3) is 0.500. The lowest BCUT2D eigenvalue weighted by Crippen LogP contribution is -2.28. The molecule has 3 heteroatoms. The average Bonchev–Trinajstić information content (AvgIpc) is 2.27. The molecule has 0 amide bonds. The highest BCUT2D eigenvalue weighted by Crippen LogP contribution is 2.32. The molecule has 0 aliphatic heterocycles. The van der Waals surface area contributed by atoms with Crippen molar-refractivity contribution in [3.63, 3.8) is 0 Å². The van der Waals surface area contributed by atoms with Gasteiger partial charge < -0.3 is 9.47 Å². The van der Waals surface area contributed by atoms with Crippen LogP contribution in [-0.4, -0.2) is 13.2 Å². The summed E-state index contributed by atoms with van der Waals surface area (Å²) in [5.74, 6) is 1.27. The third kappa shape index (κ3) is 3.39. The summed E-state index contributed by atoms with van der Waals surface area (Å²) in [5.41, 5.74) is 0.607. The van der Waals surface area contributed by atoms with Gasteiger partial charge in [0.2, 0.25) is 0 Å². The molecule has 3 nitrogen and oxygen atoms in total. The Morgan fingerprint density at radius 3 is 2.35 bits per heavy atom. The molecule has 0 radical (unpaired) electrons. The van der Waals surface area contributed by atoms with Gasteiger partial charge in [0.25, 0.3) is 0 Å². The number of nitriles is 1. The van der Waals surface area contributed by atoms with Crippen LogP contribution in [0, 0.1) is 16.7 Å². The van der Waals surface area contributed by atoms with E-state index in [-0.39, 0.29) is 11.5 Å². The van der Waals surface area contributed by atoms with Crippen LogP contribution >= 0.6 is 0 Å². The molecule has 1 aromatic rings. The van der Waals surface area contributed by atoms with Gasteiger partial charge >= 0.3 is 0 Å². The standard InChI is InChI=1S/C14H19NO2/c1-10(14(2,3)4)17-13-8-11(9-15)6-7-12(13)16-5/h6-8,10H,1-5H3. The Morgan fingerprint density at radius 1 is 1.24 bits per heavy atom. The summed E-state index contributed by atoms with van der Waals surface area (Å²) in [4.78, 5) is 0. The third-order valence-corrected chi connectivity index (χ3v) is 2.82. The van der Waals surface area contributed by atoms with E-state index >= 15 is 0 Å².